The third-order valence-corrected chi connectivity index (χ3v) is 3.02. The molecule has 0 saturated heterocycles. The predicted octanol–water partition coefficient (Wildman–Crippen LogP) is 0.0237. The van der Waals surface area contributed by atoms with Gasteiger partial charge in [0.25, 0.3) is 0 Å². The standard InChI is InChI=1S/C10H16O7/c1-4-5(6(11)12)10(17,8(15)16)9(2,3)7(13)14/h5,17H,4H2,1-3H3,(H,11,12)(H,13,14)(H,15,16). The number of carboxylic acid groups (broad SMARTS) is 3. The summed E-state index contributed by atoms with van der Waals surface area (Å²) < 4.78 is 0. The molecule has 0 amide bonds. The first-order valence-corrected chi connectivity index (χ1v) is 4.95. The Hall–Kier alpha value is -1.63. The van der Waals surface area contributed by atoms with E-state index in [0.717, 1.165) is 13.8 Å². The van der Waals surface area contributed by atoms with Crippen LogP contribution in [-0.4, -0.2) is 43.9 Å². The predicted molar refractivity (Wildman–Crippen MR) is 55.4 cm³/mol. The van der Waals surface area contributed by atoms with Gasteiger partial charge in [-0.25, -0.2) is 4.79 Å². The molecule has 98 valence electrons. The Balaban J connectivity index is 5.85. The fourth-order valence-electron chi connectivity index (χ4n) is 1.66. The van der Waals surface area contributed by atoms with Crippen molar-refractivity contribution in [1.82, 2.24) is 0 Å². The minimum atomic E-state index is -2.88. The second kappa shape index (κ2) is 4.70. The molecule has 0 aliphatic rings. The lowest BCUT2D eigenvalue weighted by Gasteiger charge is -2.39. The summed E-state index contributed by atoms with van der Waals surface area (Å²) in [5.41, 5.74) is -5.00. The molecule has 4 N–H and O–H groups in total. The van der Waals surface area contributed by atoms with Crippen LogP contribution in [0.4, 0.5) is 0 Å². The maximum atomic E-state index is 11.1. The van der Waals surface area contributed by atoms with Crippen LogP contribution in [0.2, 0.25) is 0 Å². The molecule has 0 rings (SSSR count). The Morgan fingerprint density at radius 2 is 1.47 bits per heavy atom. The van der Waals surface area contributed by atoms with Crippen molar-refractivity contribution in [2.24, 2.45) is 11.3 Å². The number of aliphatic hydroxyl groups is 1. The molecule has 17 heavy (non-hydrogen) atoms. The van der Waals surface area contributed by atoms with Crippen LogP contribution in [0, 0.1) is 11.3 Å². The van der Waals surface area contributed by atoms with Crippen LogP contribution in [0.25, 0.3) is 0 Å². The number of hydrogen-bond donors (Lipinski definition) is 4. The fourth-order valence-corrected chi connectivity index (χ4v) is 1.66. The number of aliphatic carboxylic acids is 3. The molecular formula is C10H16O7. The van der Waals surface area contributed by atoms with E-state index in [0.29, 0.717) is 0 Å². The molecule has 0 aliphatic heterocycles. The van der Waals surface area contributed by atoms with Crippen molar-refractivity contribution < 1.29 is 34.8 Å². The van der Waals surface area contributed by atoms with Gasteiger partial charge in [0.15, 0.2) is 5.60 Å². The Bertz CT molecular complexity index is 347. The van der Waals surface area contributed by atoms with Crippen LogP contribution >= 0.6 is 0 Å². The molecule has 2 atom stereocenters. The second-order valence-electron chi connectivity index (χ2n) is 4.30. The fraction of sp³-hybridized carbons (Fsp3) is 0.700. The summed E-state index contributed by atoms with van der Waals surface area (Å²) >= 11 is 0. The first kappa shape index (κ1) is 15.4. The van der Waals surface area contributed by atoms with Gasteiger partial charge < -0.3 is 20.4 Å². The summed E-state index contributed by atoms with van der Waals surface area (Å²) in [6.07, 6.45) is -0.200. The van der Waals surface area contributed by atoms with Crippen molar-refractivity contribution in [1.29, 1.82) is 0 Å². The Morgan fingerprint density at radius 3 is 1.65 bits per heavy atom. The highest BCUT2D eigenvalue weighted by atomic mass is 16.4. The molecule has 2 unspecified atom stereocenters. The molecule has 0 aromatic carbocycles. The Morgan fingerprint density at radius 1 is 1.06 bits per heavy atom. The minimum absolute atomic E-state index is 0.200. The van der Waals surface area contributed by atoms with E-state index in [9.17, 15) is 19.5 Å². The summed E-state index contributed by atoms with van der Waals surface area (Å²) in [4.78, 5) is 33.0. The van der Waals surface area contributed by atoms with Crippen molar-refractivity contribution in [2.75, 3.05) is 0 Å². The van der Waals surface area contributed by atoms with E-state index in [2.05, 4.69) is 0 Å². The lowest BCUT2D eigenvalue weighted by Crippen LogP contribution is -2.61. The molecule has 0 saturated carbocycles. The maximum Gasteiger partial charge on any atom is 0.337 e. The van der Waals surface area contributed by atoms with Gasteiger partial charge in [-0.1, -0.05) is 6.92 Å². The first-order chi connectivity index (χ1) is 7.53. The molecule has 0 aliphatic carbocycles. The van der Waals surface area contributed by atoms with E-state index in [1.165, 1.54) is 6.92 Å². The zero-order chi connectivity index (χ0) is 14.0. The van der Waals surface area contributed by atoms with Gasteiger partial charge in [-0.05, 0) is 20.3 Å². The van der Waals surface area contributed by atoms with Crippen molar-refractivity contribution in [3.8, 4) is 0 Å². The second-order valence-corrected chi connectivity index (χ2v) is 4.30. The number of carboxylic acids is 3. The van der Waals surface area contributed by atoms with Gasteiger partial charge in [0.1, 0.15) is 5.41 Å². The van der Waals surface area contributed by atoms with Crippen LogP contribution < -0.4 is 0 Å². The van der Waals surface area contributed by atoms with Crippen molar-refractivity contribution in [2.45, 2.75) is 32.8 Å². The van der Waals surface area contributed by atoms with E-state index in [-0.39, 0.29) is 6.42 Å². The lowest BCUT2D eigenvalue weighted by molar-refractivity contribution is -0.200. The molecule has 0 spiro atoms. The molecule has 7 nitrogen and oxygen atoms in total. The number of hydrogen-bond acceptors (Lipinski definition) is 4. The monoisotopic (exact) mass is 248 g/mol. The summed E-state index contributed by atoms with van der Waals surface area (Å²) in [6, 6.07) is 0. The van der Waals surface area contributed by atoms with Crippen LogP contribution in [0.5, 0.6) is 0 Å². The first-order valence-electron chi connectivity index (χ1n) is 4.95. The van der Waals surface area contributed by atoms with Crippen molar-refractivity contribution in [3.05, 3.63) is 0 Å². The number of rotatable bonds is 6. The van der Waals surface area contributed by atoms with Crippen LogP contribution in [0.3, 0.4) is 0 Å². The van der Waals surface area contributed by atoms with Crippen LogP contribution in [-0.2, 0) is 14.4 Å². The van der Waals surface area contributed by atoms with E-state index < -0.39 is 34.8 Å². The third-order valence-electron chi connectivity index (χ3n) is 3.02. The molecular weight excluding hydrogens is 232 g/mol. The topological polar surface area (TPSA) is 132 Å². The van der Waals surface area contributed by atoms with Crippen molar-refractivity contribution in [3.63, 3.8) is 0 Å². The largest absolute Gasteiger partial charge is 0.481 e. The maximum absolute atomic E-state index is 11.1. The SMILES string of the molecule is CCC(C(=O)O)C(O)(C(=O)O)C(C)(C)C(=O)O. The van der Waals surface area contributed by atoms with Crippen LogP contribution in [0.1, 0.15) is 27.2 Å². The van der Waals surface area contributed by atoms with Gasteiger partial charge in [0.2, 0.25) is 0 Å². The smallest absolute Gasteiger partial charge is 0.337 e. The van der Waals surface area contributed by atoms with Gasteiger partial charge >= 0.3 is 17.9 Å². The quantitative estimate of drug-likeness (QED) is 0.521. The highest BCUT2D eigenvalue weighted by molar-refractivity contribution is 5.92. The van der Waals surface area contributed by atoms with Gasteiger partial charge in [0, 0.05) is 0 Å². The average molecular weight is 248 g/mol. The summed E-state index contributed by atoms with van der Waals surface area (Å²) in [7, 11) is 0. The molecule has 0 radical (unpaired) electrons. The lowest BCUT2D eigenvalue weighted by atomic mass is 9.66. The number of carbonyl (C=O) groups is 3. The minimum Gasteiger partial charge on any atom is -0.481 e. The molecule has 0 aromatic rings. The van der Waals surface area contributed by atoms with E-state index in [1.54, 1.807) is 0 Å². The van der Waals surface area contributed by atoms with E-state index >= 15 is 0 Å². The summed E-state index contributed by atoms with van der Waals surface area (Å²) in [6.45, 7) is 3.33. The Kier molecular flexibility index (Phi) is 4.25. The third kappa shape index (κ3) is 2.23. The van der Waals surface area contributed by atoms with Crippen molar-refractivity contribution >= 4 is 17.9 Å². The van der Waals surface area contributed by atoms with Gasteiger partial charge in [0.05, 0.1) is 5.92 Å². The Labute approximate surface area is 97.7 Å². The zero-order valence-corrected chi connectivity index (χ0v) is 9.80. The molecule has 0 heterocycles. The zero-order valence-electron chi connectivity index (χ0n) is 9.80. The average Bonchev–Trinajstić information content (AvgIpc) is 2.16. The summed E-state index contributed by atoms with van der Waals surface area (Å²) in [5.74, 6) is -6.70. The van der Waals surface area contributed by atoms with Crippen LogP contribution in [0.15, 0.2) is 0 Å². The highest BCUT2D eigenvalue weighted by Gasteiger charge is 2.61. The molecule has 0 aromatic heterocycles. The van der Waals surface area contributed by atoms with E-state index in [1.807, 2.05) is 0 Å². The molecule has 0 bridgehead atoms. The summed E-state index contributed by atoms with van der Waals surface area (Å²) in [5, 5.41) is 36.9. The molecule has 0 fully saturated rings. The van der Waals surface area contributed by atoms with E-state index in [4.69, 9.17) is 15.3 Å². The molecule has 7 heteroatoms. The normalized spacial score (nSPS) is 16.9. The van der Waals surface area contributed by atoms with Gasteiger partial charge in [-0.2, -0.15) is 0 Å². The highest BCUT2D eigenvalue weighted by Crippen LogP contribution is 2.39. The van der Waals surface area contributed by atoms with Gasteiger partial charge in [-0.15, -0.1) is 0 Å². The van der Waals surface area contributed by atoms with Gasteiger partial charge in [-0.3, -0.25) is 9.59 Å².